The lowest BCUT2D eigenvalue weighted by atomic mass is 10.1. The first kappa shape index (κ1) is 10.8. The van der Waals surface area contributed by atoms with Crippen LogP contribution in [0.1, 0.15) is 5.56 Å². The molecule has 1 fully saturated rings. The number of benzene rings is 1. The van der Waals surface area contributed by atoms with E-state index in [0.717, 1.165) is 40.3 Å². The molecular formula is C11H11BrN2S. The van der Waals surface area contributed by atoms with E-state index in [9.17, 15) is 0 Å². The Balaban J connectivity index is 2.37. The first-order chi connectivity index (χ1) is 7.33. The molecule has 1 aromatic rings. The highest BCUT2D eigenvalue weighted by atomic mass is 79.9. The largest absolute Gasteiger partial charge is 0.368 e. The van der Waals surface area contributed by atoms with Gasteiger partial charge in [0, 0.05) is 29.1 Å². The molecule has 0 N–H and O–H groups in total. The Labute approximate surface area is 102 Å². The van der Waals surface area contributed by atoms with E-state index in [4.69, 9.17) is 5.26 Å². The molecule has 1 heterocycles. The fourth-order valence-electron chi connectivity index (χ4n) is 1.71. The topological polar surface area (TPSA) is 27.0 Å². The molecule has 15 heavy (non-hydrogen) atoms. The third-order valence-electron chi connectivity index (χ3n) is 2.43. The van der Waals surface area contributed by atoms with Crippen LogP contribution in [0.3, 0.4) is 0 Å². The molecular weight excluding hydrogens is 272 g/mol. The fraction of sp³-hybridized carbons (Fsp3) is 0.364. The van der Waals surface area contributed by atoms with E-state index in [1.165, 1.54) is 0 Å². The maximum absolute atomic E-state index is 9.07. The summed E-state index contributed by atoms with van der Waals surface area (Å²) in [6.07, 6.45) is 0. The Hall–Kier alpha value is -0.660. The van der Waals surface area contributed by atoms with E-state index in [2.05, 4.69) is 26.9 Å². The van der Waals surface area contributed by atoms with Crippen molar-refractivity contribution in [1.29, 1.82) is 5.26 Å². The molecule has 1 aliphatic rings. The number of para-hydroxylation sites is 1. The minimum absolute atomic E-state index is 0.760. The summed E-state index contributed by atoms with van der Waals surface area (Å²) in [7, 11) is 0. The number of hydrogen-bond acceptors (Lipinski definition) is 3. The molecule has 1 aliphatic heterocycles. The first-order valence-corrected chi connectivity index (χ1v) is 6.79. The first-order valence-electron chi connectivity index (χ1n) is 4.84. The van der Waals surface area contributed by atoms with Gasteiger partial charge in [0.15, 0.2) is 0 Å². The summed E-state index contributed by atoms with van der Waals surface area (Å²) in [5, 5.41) is 9.07. The normalized spacial score (nSPS) is 16.1. The highest BCUT2D eigenvalue weighted by Crippen LogP contribution is 2.31. The highest BCUT2D eigenvalue weighted by Gasteiger charge is 2.16. The van der Waals surface area contributed by atoms with Gasteiger partial charge in [0.2, 0.25) is 0 Å². The van der Waals surface area contributed by atoms with E-state index >= 15 is 0 Å². The molecule has 0 aliphatic carbocycles. The van der Waals surface area contributed by atoms with Crippen molar-refractivity contribution in [2.75, 3.05) is 29.5 Å². The van der Waals surface area contributed by atoms with Crippen molar-refractivity contribution in [3.8, 4) is 6.07 Å². The minimum Gasteiger partial charge on any atom is -0.368 e. The quantitative estimate of drug-likeness (QED) is 0.793. The van der Waals surface area contributed by atoms with E-state index in [-0.39, 0.29) is 0 Å². The number of rotatable bonds is 1. The van der Waals surface area contributed by atoms with Gasteiger partial charge in [-0.2, -0.15) is 17.0 Å². The Morgan fingerprint density at radius 3 is 2.73 bits per heavy atom. The van der Waals surface area contributed by atoms with E-state index in [1.54, 1.807) is 0 Å². The highest BCUT2D eigenvalue weighted by molar-refractivity contribution is 9.10. The van der Waals surface area contributed by atoms with Crippen molar-refractivity contribution in [2.24, 2.45) is 0 Å². The van der Waals surface area contributed by atoms with Crippen LogP contribution in [0.15, 0.2) is 22.7 Å². The van der Waals surface area contributed by atoms with E-state index in [0.29, 0.717) is 0 Å². The smallest absolute Gasteiger partial charge is 0.101 e. The maximum Gasteiger partial charge on any atom is 0.101 e. The summed E-state index contributed by atoms with van der Waals surface area (Å²) in [5.74, 6) is 2.29. The van der Waals surface area contributed by atoms with Crippen molar-refractivity contribution in [3.63, 3.8) is 0 Å². The van der Waals surface area contributed by atoms with Gasteiger partial charge in [-0.3, -0.25) is 0 Å². The molecule has 0 unspecified atom stereocenters. The predicted molar refractivity (Wildman–Crippen MR) is 68.4 cm³/mol. The van der Waals surface area contributed by atoms with Crippen LogP contribution in [-0.2, 0) is 0 Å². The SMILES string of the molecule is N#Cc1cccc(Br)c1N1CCSCC1. The molecule has 0 aromatic heterocycles. The number of hydrogen-bond donors (Lipinski definition) is 0. The van der Waals surface area contributed by atoms with Crippen LogP contribution in [0.5, 0.6) is 0 Å². The van der Waals surface area contributed by atoms with Gasteiger partial charge in [-0.1, -0.05) is 6.07 Å². The zero-order valence-electron chi connectivity index (χ0n) is 8.24. The van der Waals surface area contributed by atoms with Crippen molar-refractivity contribution in [1.82, 2.24) is 0 Å². The monoisotopic (exact) mass is 282 g/mol. The number of anilines is 1. The minimum atomic E-state index is 0.760. The Bertz CT molecular complexity index is 394. The van der Waals surface area contributed by atoms with E-state index in [1.807, 2.05) is 30.0 Å². The standard InChI is InChI=1S/C11H11BrN2S/c12-10-3-1-2-9(8-13)11(10)14-4-6-15-7-5-14/h1-3H,4-7H2. The van der Waals surface area contributed by atoms with Crippen LogP contribution in [0, 0.1) is 11.3 Å². The maximum atomic E-state index is 9.07. The van der Waals surface area contributed by atoms with Crippen molar-refractivity contribution in [2.45, 2.75) is 0 Å². The summed E-state index contributed by atoms with van der Waals surface area (Å²) in [5.41, 5.74) is 1.82. The van der Waals surface area contributed by atoms with Gasteiger partial charge in [-0.05, 0) is 28.1 Å². The number of nitriles is 1. The second-order valence-corrected chi connectivity index (χ2v) is 5.43. The van der Waals surface area contributed by atoms with Gasteiger partial charge >= 0.3 is 0 Å². The number of nitrogens with zero attached hydrogens (tertiary/aromatic N) is 2. The van der Waals surface area contributed by atoms with Gasteiger partial charge in [0.1, 0.15) is 6.07 Å². The van der Waals surface area contributed by atoms with Gasteiger partial charge in [0.25, 0.3) is 0 Å². The molecule has 0 amide bonds. The third kappa shape index (κ3) is 2.30. The second-order valence-electron chi connectivity index (χ2n) is 3.35. The summed E-state index contributed by atoms with van der Waals surface area (Å²) in [6, 6.07) is 8.04. The second kappa shape index (κ2) is 4.91. The van der Waals surface area contributed by atoms with Crippen molar-refractivity contribution >= 4 is 33.4 Å². The average Bonchev–Trinajstić information content (AvgIpc) is 2.29. The molecule has 0 bridgehead atoms. The van der Waals surface area contributed by atoms with Crippen LogP contribution in [-0.4, -0.2) is 24.6 Å². The lowest BCUT2D eigenvalue weighted by Gasteiger charge is -2.30. The van der Waals surface area contributed by atoms with Gasteiger partial charge in [-0.15, -0.1) is 0 Å². The fourth-order valence-corrected chi connectivity index (χ4v) is 3.23. The summed E-state index contributed by atoms with van der Waals surface area (Å²) in [6.45, 7) is 2.06. The molecule has 1 saturated heterocycles. The Morgan fingerprint density at radius 2 is 2.07 bits per heavy atom. The number of halogens is 1. The zero-order chi connectivity index (χ0) is 10.7. The molecule has 0 radical (unpaired) electrons. The molecule has 2 rings (SSSR count). The van der Waals surface area contributed by atoms with Crippen LogP contribution in [0.4, 0.5) is 5.69 Å². The Kier molecular flexibility index (Phi) is 3.55. The summed E-state index contributed by atoms with van der Waals surface area (Å²) >= 11 is 5.50. The molecule has 1 aromatic carbocycles. The van der Waals surface area contributed by atoms with Crippen LogP contribution in [0.25, 0.3) is 0 Å². The summed E-state index contributed by atoms with van der Waals surface area (Å²) < 4.78 is 1.02. The van der Waals surface area contributed by atoms with E-state index < -0.39 is 0 Å². The van der Waals surface area contributed by atoms with Crippen LogP contribution in [0.2, 0.25) is 0 Å². The van der Waals surface area contributed by atoms with Gasteiger partial charge < -0.3 is 4.90 Å². The summed E-state index contributed by atoms with van der Waals surface area (Å²) in [4.78, 5) is 2.29. The lowest BCUT2D eigenvalue weighted by molar-refractivity contribution is 0.854. The molecule has 4 heteroatoms. The van der Waals surface area contributed by atoms with Crippen molar-refractivity contribution in [3.05, 3.63) is 28.2 Å². The average molecular weight is 283 g/mol. The Morgan fingerprint density at radius 1 is 1.33 bits per heavy atom. The molecule has 0 atom stereocenters. The van der Waals surface area contributed by atoms with Gasteiger partial charge in [-0.25, -0.2) is 0 Å². The molecule has 0 spiro atoms. The van der Waals surface area contributed by atoms with Gasteiger partial charge in [0.05, 0.1) is 11.3 Å². The lowest BCUT2D eigenvalue weighted by Crippen LogP contribution is -2.33. The van der Waals surface area contributed by atoms with Crippen LogP contribution < -0.4 is 4.90 Å². The predicted octanol–water partition coefficient (Wildman–Crippen LogP) is 2.87. The van der Waals surface area contributed by atoms with Crippen LogP contribution >= 0.6 is 27.7 Å². The number of thioether (sulfide) groups is 1. The third-order valence-corrected chi connectivity index (χ3v) is 4.02. The zero-order valence-corrected chi connectivity index (χ0v) is 10.6. The molecule has 2 nitrogen and oxygen atoms in total. The molecule has 78 valence electrons. The molecule has 0 saturated carbocycles. The van der Waals surface area contributed by atoms with Crippen molar-refractivity contribution < 1.29 is 0 Å².